The Hall–Kier alpha value is -1.62. The molecular weight excluding hydrogens is 306 g/mol. The largest absolute Gasteiger partial charge is 0.342 e. The molecule has 1 fully saturated rings. The average Bonchev–Trinajstić information content (AvgIpc) is 2.83. The highest BCUT2D eigenvalue weighted by Gasteiger charge is 2.23. The zero-order valence-electron chi connectivity index (χ0n) is 13.8. The van der Waals surface area contributed by atoms with Gasteiger partial charge < -0.3 is 4.90 Å². The molecule has 2 heterocycles. The molecule has 1 saturated heterocycles. The predicted molar refractivity (Wildman–Crippen MR) is 94.6 cm³/mol. The molecule has 1 amide bonds. The number of carbonyl (C=O) groups excluding carboxylic acids is 1. The molecule has 2 aromatic rings. The summed E-state index contributed by atoms with van der Waals surface area (Å²) in [6.07, 6.45) is 4.72. The van der Waals surface area contributed by atoms with Gasteiger partial charge in [-0.3, -0.25) is 4.79 Å². The quantitative estimate of drug-likeness (QED) is 0.634. The van der Waals surface area contributed by atoms with Gasteiger partial charge >= 0.3 is 0 Å². The zero-order chi connectivity index (χ0) is 16.2. The topological polar surface area (TPSA) is 46.1 Å². The summed E-state index contributed by atoms with van der Waals surface area (Å²) >= 11 is 1.55. The van der Waals surface area contributed by atoms with E-state index in [4.69, 9.17) is 0 Å². The lowest BCUT2D eigenvalue weighted by molar-refractivity contribution is -0.130. The molecule has 3 rings (SSSR count). The third-order valence-electron chi connectivity index (χ3n) is 4.23. The van der Waals surface area contributed by atoms with Crippen LogP contribution >= 0.6 is 11.8 Å². The number of nitrogens with zero attached hydrogens (tertiary/aromatic N) is 3. The van der Waals surface area contributed by atoms with Crippen molar-refractivity contribution in [3.63, 3.8) is 0 Å². The minimum atomic E-state index is -0.120. The maximum Gasteiger partial charge on any atom is 0.235 e. The summed E-state index contributed by atoms with van der Waals surface area (Å²) in [5, 5.41) is 1.81. The van der Waals surface area contributed by atoms with Crippen molar-refractivity contribution >= 4 is 28.6 Å². The summed E-state index contributed by atoms with van der Waals surface area (Å²) in [6.45, 7) is 5.68. The molecule has 4 nitrogen and oxygen atoms in total. The van der Waals surface area contributed by atoms with Crippen molar-refractivity contribution in [1.82, 2.24) is 14.9 Å². The number of likely N-dealkylation sites (tertiary alicyclic amines) is 1. The fraction of sp³-hybridized carbons (Fsp3) is 0.500. The summed E-state index contributed by atoms with van der Waals surface area (Å²) < 4.78 is 0. The highest BCUT2D eigenvalue weighted by molar-refractivity contribution is 8.00. The normalized spacial score (nSPS) is 17.0. The van der Waals surface area contributed by atoms with Crippen LogP contribution < -0.4 is 0 Å². The van der Waals surface area contributed by atoms with E-state index in [-0.39, 0.29) is 11.2 Å². The minimum absolute atomic E-state index is 0.120. The standard InChI is InChI=1S/C18H23N3OS/c1-13(18(22)21-11-7-3-4-8-12-21)23-17-15-9-5-6-10-16(15)19-14(2)20-17/h5-6,9-10,13H,3-4,7-8,11-12H2,1-2H3. The first kappa shape index (κ1) is 16.2. The summed E-state index contributed by atoms with van der Waals surface area (Å²) in [5.41, 5.74) is 0.942. The van der Waals surface area contributed by atoms with Crippen LogP contribution in [0, 0.1) is 6.92 Å². The van der Waals surface area contributed by atoms with Gasteiger partial charge in [-0.15, -0.1) is 0 Å². The van der Waals surface area contributed by atoms with E-state index in [0.29, 0.717) is 0 Å². The molecule has 0 saturated carbocycles. The van der Waals surface area contributed by atoms with Crippen LogP contribution in [0.3, 0.4) is 0 Å². The van der Waals surface area contributed by atoms with Crippen molar-refractivity contribution in [3.05, 3.63) is 30.1 Å². The lowest BCUT2D eigenvalue weighted by Gasteiger charge is -2.23. The van der Waals surface area contributed by atoms with Gasteiger partial charge in [0.1, 0.15) is 10.9 Å². The van der Waals surface area contributed by atoms with E-state index in [2.05, 4.69) is 9.97 Å². The highest BCUT2D eigenvalue weighted by atomic mass is 32.2. The number of aryl methyl sites for hydroxylation is 1. The van der Waals surface area contributed by atoms with Crippen LogP contribution in [0.15, 0.2) is 29.3 Å². The fourth-order valence-corrected chi connectivity index (χ4v) is 4.08. The van der Waals surface area contributed by atoms with E-state index >= 15 is 0 Å². The number of hydrogen-bond donors (Lipinski definition) is 0. The van der Waals surface area contributed by atoms with Gasteiger partial charge in [-0.25, -0.2) is 9.97 Å². The van der Waals surface area contributed by atoms with Crippen LogP contribution in [-0.2, 0) is 4.79 Å². The van der Waals surface area contributed by atoms with Gasteiger partial charge in [0.2, 0.25) is 5.91 Å². The van der Waals surface area contributed by atoms with Crippen molar-refractivity contribution in [2.45, 2.75) is 49.8 Å². The van der Waals surface area contributed by atoms with Crippen LogP contribution in [0.2, 0.25) is 0 Å². The van der Waals surface area contributed by atoms with Gasteiger partial charge in [-0.1, -0.05) is 42.8 Å². The molecular formula is C18H23N3OS. The Labute approximate surface area is 141 Å². The van der Waals surface area contributed by atoms with E-state index in [1.165, 1.54) is 12.8 Å². The second kappa shape index (κ2) is 7.30. The second-order valence-electron chi connectivity index (χ2n) is 6.09. The van der Waals surface area contributed by atoms with Crippen LogP contribution in [0.4, 0.5) is 0 Å². The molecule has 0 bridgehead atoms. The molecule has 1 aliphatic rings. The summed E-state index contributed by atoms with van der Waals surface area (Å²) in [5.74, 6) is 0.984. The van der Waals surface area contributed by atoms with Crippen LogP contribution in [0.5, 0.6) is 0 Å². The Morgan fingerprint density at radius 1 is 1.13 bits per heavy atom. The third kappa shape index (κ3) is 3.83. The molecule has 0 spiro atoms. The Kier molecular flexibility index (Phi) is 5.16. The summed E-state index contributed by atoms with van der Waals surface area (Å²) in [7, 11) is 0. The Morgan fingerprint density at radius 2 is 1.83 bits per heavy atom. The minimum Gasteiger partial charge on any atom is -0.342 e. The molecule has 1 aliphatic heterocycles. The van der Waals surface area contributed by atoms with Gasteiger partial charge in [-0.05, 0) is 32.8 Å². The molecule has 0 aliphatic carbocycles. The molecule has 1 unspecified atom stereocenters. The van der Waals surface area contributed by atoms with E-state index in [1.807, 2.05) is 43.0 Å². The number of carbonyl (C=O) groups is 1. The van der Waals surface area contributed by atoms with Crippen LogP contribution in [0.1, 0.15) is 38.4 Å². The first-order valence-electron chi connectivity index (χ1n) is 8.34. The number of benzene rings is 1. The number of hydrogen-bond acceptors (Lipinski definition) is 4. The third-order valence-corrected chi connectivity index (χ3v) is 5.32. The van der Waals surface area contributed by atoms with Gasteiger partial charge in [0.15, 0.2) is 0 Å². The molecule has 1 aromatic heterocycles. The number of thioether (sulfide) groups is 1. The van der Waals surface area contributed by atoms with Crippen molar-refractivity contribution in [2.75, 3.05) is 13.1 Å². The number of amides is 1. The SMILES string of the molecule is Cc1nc(SC(C)C(=O)N2CCCCCC2)c2ccccc2n1. The van der Waals surface area contributed by atoms with E-state index in [1.54, 1.807) is 11.8 Å². The Morgan fingerprint density at radius 3 is 2.57 bits per heavy atom. The lowest BCUT2D eigenvalue weighted by Crippen LogP contribution is -2.37. The smallest absolute Gasteiger partial charge is 0.235 e. The molecule has 122 valence electrons. The summed E-state index contributed by atoms with van der Waals surface area (Å²) in [4.78, 5) is 23.8. The fourth-order valence-electron chi connectivity index (χ4n) is 3.01. The number of fused-ring (bicyclic) bond motifs is 1. The maximum absolute atomic E-state index is 12.7. The van der Waals surface area contributed by atoms with Crippen LogP contribution in [-0.4, -0.2) is 39.1 Å². The molecule has 0 N–H and O–H groups in total. The van der Waals surface area contributed by atoms with Crippen molar-refractivity contribution in [1.29, 1.82) is 0 Å². The number of rotatable bonds is 3. The molecule has 1 atom stereocenters. The van der Waals surface area contributed by atoms with Gasteiger partial charge in [0.25, 0.3) is 0 Å². The van der Waals surface area contributed by atoms with Gasteiger partial charge in [0, 0.05) is 18.5 Å². The Bertz CT molecular complexity index is 696. The van der Waals surface area contributed by atoms with Gasteiger partial charge in [-0.2, -0.15) is 0 Å². The van der Waals surface area contributed by atoms with Crippen molar-refractivity contribution < 1.29 is 4.79 Å². The monoisotopic (exact) mass is 329 g/mol. The van der Waals surface area contributed by atoms with E-state index in [9.17, 15) is 4.79 Å². The van der Waals surface area contributed by atoms with E-state index < -0.39 is 0 Å². The summed E-state index contributed by atoms with van der Waals surface area (Å²) in [6, 6.07) is 8.00. The molecule has 23 heavy (non-hydrogen) atoms. The number of para-hydroxylation sites is 1. The highest BCUT2D eigenvalue weighted by Crippen LogP contribution is 2.29. The second-order valence-corrected chi connectivity index (χ2v) is 7.42. The zero-order valence-corrected chi connectivity index (χ0v) is 14.6. The molecule has 1 aromatic carbocycles. The predicted octanol–water partition coefficient (Wildman–Crippen LogP) is 3.82. The average molecular weight is 329 g/mol. The molecule has 5 heteroatoms. The van der Waals surface area contributed by atoms with Crippen LogP contribution in [0.25, 0.3) is 10.9 Å². The first-order valence-corrected chi connectivity index (χ1v) is 9.22. The Balaban J connectivity index is 1.79. The first-order chi connectivity index (χ1) is 11.1. The lowest BCUT2D eigenvalue weighted by atomic mass is 10.2. The van der Waals surface area contributed by atoms with Gasteiger partial charge in [0.05, 0.1) is 10.8 Å². The number of aromatic nitrogens is 2. The van der Waals surface area contributed by atoms with Crippen molar-refractivity contribution in [2.24, 2.45) is 0 Å². The molecule has 0 radical (unpaired) electrons. The van der Waals surface area contributed by atoms with Crippen molar-refractivity contribution in [3.8, 4) is 0 Å². The van der Waals surface area contributed by atoms with E-state index in [0.717, 1.165) is 47.7 Å². The maximum atomic E-state index is 12.7.